The van der Waals surface area contributed by atoms with E-state index in [2.05, 4.69) is 24.3 Å². The molecule has 5 heteroatoms. The Morgan fingerprint density at radius 3 is 2.16 bits per heavy atom. The van der Waals surface area contributed by atoms with E-state index < -0.39 is 0 Å². The molecule has 0 radical (unpaired) electrons. The highest BCUT2D eigenvalue weighted by molar-refractivity contribution is 5.79. The molecule has 0 N–H and O–H groups in total. The van der Waals surface area contributed by atoms with Crippen molar-refractivity contribution in [1.29, 1.82) is 0 Å². The van der Waals surface area contributed by atoms with Crippen LogP contribution in [0.5, 0.6) is 0 Å². The van der Waals surface area contributed by atoms with Crippen molar-refractivity contribution in [2.24, 2.45) is 0 Å². The van der Waals surface area contributed by atoms with Crippen LogP contribution in [-0.2, 0) is 16.0 Å². The number of piperazine rings is 1. The summed E-state index contributed by atoms with van der Waals surface area (Å²) in [4.78, 5) is 27.5. The van der Waals surface area contributed by atoms with E-state index in [0.29, 0.717) is 38.5 Å². The summed E-state index contributed by atoms with van der Waals surface area (Å²) in [6.45, 7) is 2.24. The molecule has 0 bridgehead atoms. The molecular weight excluding hydrogens is 316 g/mol. The van der Waals surface area contributed by atoms with E-state index in [1.165, 1.54) is 44.8 Å². The van der Waals surface area contributed by atoms with Crippen molar-refractivity contribution in [3.8, 4) is 0 Å². The molecule has 25 heavy (non-hydrogen) atoms. The predicted octanol–water partition coefficient (Wildman–Crippen LogP) is 3.19. The molecule has 0 aromatic heterocycles. The molecule has 3 rings (SSSR count). The fourth-order valence-corrected chi connectivity index (χ4v) is 3.90. The maximum Gasteiger partial charge on any atom is 0.409 e. The zero-order valence-corrected chi connectivity index (χ0v) is 15.1. The highest BCUT2D eigenvalue weighted by atomic mass is 16.5. The minimum atomic E-state index is -0.314. The summed E-state index contributed by atoms with van der Waals surface area (Å²) in [5.74, 6) is 0.833. The van der Waals surface area contributed by atoms with Gasteiger partial charge in [0.25, 0.3) is 0 Å². The van der Waals surface area contributed by atoms with Gasteiger partial charge in [-0.3, -0.25) is 4.79 Å². The van der Waals surface area contributed by atoms with Crippen molar-refractivity contribution in [2.75, 3.05) is 33.3 Å². The van der Waals surface area contributed by atoms with Crippen LogP contribution in [-0.4, -0.2) is 55.1 Å². The van der Waals surface area contributed by atoms with Crippen LogP contribution in [0.3, 0.4) is 0 Å². The van der Waals surface area contributed by atoms with Crippen LogP contribution in [0.15, 0.2) is 24.3 Å². The molecule has 1 aliphatic heterocycles. The zero-order chi connectivity index (χ0) is 17.6. The number of carbonyl (C=O) groups excluding carboxylic acids is 2. The lowest BCUT2D eigenvalue weighted by Crippen LogP contribution is -2.50. The number of ether oxygens (including phenoxy) is 1. The van der Waals surface area contributed by atoms with Crippen LogP contribution >= 0.6 is 0 Å². The Bertz CT molecular complexity index is 585. The molecular formula is C20H28N2O3. The molecule has 5 nitrogen and oxygen atoms in total. The number of hydrogen-bond donors (Lipinski definition) is 0. The number of hydrogen-bond acceptors (Lipinski definition) is 3. The van der Waals surface area contributed by atoms with E-state index in [9.17, 15) is 9.59 Å². The van der Waals surface area contributed by atoms with Crippen LogP contribution in [0.2, 0.25) is 0 Å². The van der Waals surface area contributed by atoms with Gasteiger partial charge in [-0.25, -0.2) is 4.79 Å². The first kappa shape index (κ1) is 17.8. The molecule has 1 heterocycles. The second-order valence-corrected chi connectivity index (χ2v) is 7.09. The maximum absolute atomic E-state index is 12.5. The standard InChI is InChI=1S/C20H28N2O3/c1-25-20(24)22-13-11-21(12-14-22)19(23)15-16-7-9-18(10-8-16)17-5-3-2-4-6-17/h7-10,17H,2-6,11-15H2,1H3. The highest BCUT2D eigenvalue weighted by Crippen LogP contribution is 2.32. The van der Waals surface area contributed by atoms with Crippen LogP contribution < -0.4 is 0 Å². The van der Waals surface area contributed by atoms with Crippen molar-refractivity contribution in [3.63, 3.8) is 0 Å². The van der Waals surface area contributed by atoms with Gasteiger partial charge in [0.1, 0.15) is 0 Å². The van der Waals surface area contributed by atoms with E-state index in [1.807, 2.05) is 4.90 Å². The number of rotatable bonds is 3. The molecule has 0 unspecified atom stereocenters. The average Bonchev–Trinajstić information content (AvgIpc) is 2.68. The van der Waals surface area contributed by atoms with Crippen LogP contribution in [0.1, 0.15) is 49.1 Å². The highest BCUT2D eigenvalue weighted by Gasteiger charge is 2.24. The largest absolute Gasteiger partial charge is 0.453 e. The van der Waals surface area contributed by atoms with E-state index in [4.69, 9.17) is 4.74 Å². The molecule has 2 amide bonds. The van der Waals surface area contributed by atoms with Gasteiger partial charge in [0.05, 0.1) is 13.5 Å². The normalized spacial score (nSPS) is 18.9. The van der Waals surface area contributed by atoms with Gasteiger partial charge < -0.3 is 14.5 Å². The van der Waals surface area contributed by atoms with E-state index in [-0.39, 0.29) is 12.0 Å². The van der Waals surface area contributed by atoms with E-state index in [1.54, 1.807) is 4.90 Å². The topological polar surface area (TPSA) is 49.9 Å². The second-order valence-electron chi connectivity index (χ2n) is 7.09. The summed E-state index contributed by atoms with van der Waals surface area (Å²) in [6.07, 6.45) is 6.75. The number of nitrogens with zero attached hydrogens (tertiary/aromatic N) is 2. The van der Waals surface area contributed by atoms with Crippen molar-refractivity contribution in [2.45, 2.75) is 44.4 Å². The summed E-state index contributed by atoms with van der Waals surface area (Å²) < 4.78 is 4.73. The first-order chi connectivity index (χ1) is 12.2. The van der Waals surface area contributed by atoms with Crippen LogP contribution in [0, 0.1) is 0 Å². The first-order valence-corrected chi connectivity index (χ1v) is 9.37. The second kappa shape index (κ2) is 8.37. The molecule has 2 fully saturated rings. The van der Waals surface area contributed by atoms with Gasteiger partial charge in [-0.05, 0) is 29.9 Å². The summed E-state index contributed by atoms with van der Waals surface area (Å²) in [6, 6.07) is 8.61. The molecule has 2 aliphatic rings. The Labute approximate surface area is 149 Å². The van der Waals surface area contributed by atoms with Crippen LogP contribution in [0.4, 0.5) is 4.79 Å². The monoisotopic (exact) mass is 344 g/mol. The van der Waals surface area contributed by atoms with Gasteiger partial charge in [0, 0.05) is 26.2 Å². The summed E-state index contributed by atoms with van der Waals surface area (Å²) in [5.41, 5.74) is 2.49. The Morgan fingerprint density at radius 2 is 1.56 bits per heavy atom. The van der Waals surface area contributed by atoms with Gasteiger partial charge in [0.15, 0.2) is 0 Å². The minimum Gasteiger partial charge on any atom is -0.453 e. The van der Waals surface area contributed by atoms with Gasteiger partial charge in [0.2, 0.25) is 5.91 Å². The Hall–Kier alpha value is -2.04. The third-order valence-corrected chi connectivity index (χ3v) is 5.48. The van der Waals surface area contributed by atoms with Gasteiger partial charge in [-0.15, -0.1) is 0 Å². The maximum atomic E-state index is 12.5. The fourth-order valence-electron chi connectivity index (χ4n) is 3.90. The predicted molar refractivity (Wildman–Crippen MR) is 96.5 cm³/mol. The average molecular weight is 344 g/mol. The third kappa shape index (κ3) is 4.53. The van der Waals surface area contributed by atoms with E-state index >= 15 is 0 Å². The van der Waals surface area contributed by atoms with Gasteiger partial charge in [-0.2, -0.15) is 0 Å². The minimum absolute atomic E-state index is 0.134. The molecule has 1 aromatic carbocycles. The first-order valence-electron chi connectivity index (χ1n) is 9.37. The Balaban J connectivity index is 1.50. The van der Waals surface area contributed by atoms with Crippen molar-refractivity contribution in [1.82, 2.24) is 9.80 Å². The molecule has 0 atom stereocenters. The van der Waals surface area contributed by atoms with Gasteiger partial charge >= 0.3 is 6.09 Å². The lowest BCUT2D eigenvalue weighted by atomic mass is 9.84. The molecule has 0 spiro atoms. The summed E-state index contributed by atoms with van der Waals surface area (Å²) in [5, 5.41) is 0. The zero-order valence-electron chi connectivity index (χ0n) is 15.1. The fraction of sp³-hybridized carbons (Fsp3) is 0.600. The van der Waals surface area contributed by atoms with Crippen molar-refractivity contribution in [3.05, 3.63) is 35.4 Å². The Morgan fingerprint density at radius 1 is 0.960 bits per heavy atom. The van der Waals surface area contributed by atoms with E-state index in [0.717, 1.165) is 5.56 Å². The SMILES string of the molecule is COC(=O)N1CCN(C(=O)Cc2ccc(C3CCCCC3)cc2)CC1. The molecule has 136 valence electrons. The number of amides is 2. The lowest BCUT2D eigenvalue weighted by molar-refractivity contribution is -0.132. The van der Waals surface area contributed by atoms with Crippen LogP contribution in [0.25, 0.3) is 0 Å². The molecule has 1 saturated heterocycles. The van der Waals surface area contributed by atoms with Crippen molar-refractivity contribution < 1.29 is 14.3 Å². The lowest BCUT2D eigenvalue weighted by Gasteiger charge is -2.33. The molecule has 1 aliphatic carbocycles. The number of benzene rings is 1. The third-order valence-electron chi connectivity index (χ3n) is 5.48. The molecule has 1 aromatic rings. The molecule has 1 saturated carbocycles. The number of carbonyl (C=O) groups is 2. The van der Waals surface area contributed by atoms with Crippen molar-refractivity contribution >= 4 is 12.0 Å². The summed E-state index contributed by atoms with van der Waals surface area (Å²) >= 11 is 0. The van der Waals surface area contributed by atoms with Gasteiger partial charge in [-0.1, -0.05) is 43.5 Å². The Kier molecular flexibility index (Phi) is 5.95. The number of methoxy groups -OCH3 is 1. The quantitative estimate of drug-likeness (QED) is 0.846. The summed E-state index contributed by atoms with van der Waals surface area (Å²) in [7, 11) is 1.39. The smallest absolute Gasteiger partial charge is 0.409 e.